The molecule has 94 valence electrons. The number of aromatic nitrogens is 1. The van der Waals surface area contributed by atoms with Crippen molar-refractivity contribution in [3.63, 3.8) is 0 Å². The molecule has 1 aromatic heterocycles. The Labute approximate surface area is 105 Å². The number of pyridine rings is 1. The Morgan fingerprint density at radius 3 is 2.78 bits per heavy atom. The lowest BCUT2D eigenvalue weighted by molar-refractivity contribution is -0.139. The molecule has 0 spiro atoms. The van der Waals surface area contributed by atoms with Gasteiger partial charge in [-0.2, -0.15) is 0 Å². The maximum absolute atomic E-state index is 11.2. The summed E-state index contributed by atoms with van der Waals surface area (Å²) < 4.78 is 9.88. The van der Waals surface area contributed by atoms with Crippen molar-refractivity contribution in [3.8, 4) is 5.75 Å². The van der Waals surface area contributed by atoms with E-state index in [0.29, 0.717) is 11.4 Å². The summed E-state index contributed by atoms with van der Waals surface area (Å²) in [5.74, 6) is 0.342. The van der Waals surface area contributed by atoms with Gasteiger partial charge in [0.15, 0.2) is 0 Å². The molecule has 0 fully saturated rings. The van der Waals surface area contributed by atoms with Gasteiger partial charge in [0.05, 0.1) is 26.2 Å². The van der Waals surface area contributed by atoms with Crippen LogP contribution in [0.5, 0.6) is 5.75 Å². The van der Waals surface area contributed by atoms with Crippen LogP contribution in [0.25, 0.3) is 10.9 Å². The predicted molar refractivity (Wildman–Crippen MR) is 68.4 cm³/mol. The minimum Gasteiger partial charge on any atom is -0.496 e. The molecule has 2 rings (SSSR count). The van der Waals surface area contributed by atoms with Gasteiger partial charge in [0.2, 0.25) is 0 Å². The first kappa shape index (κ1) is 12.2. The van der Waals surface area contributed by atoms with Crippen LogP contribution in [0, 0.1) is 0 Å². The highest BCUT2D eigenvalue weighted by atomic mass is 16.5. The van der Waals surface area contributed by atoms with E-state index in [2.05, 4.69) is 9.72 Å². The van der Waals surface area contributed by atoms with Crippen LogP contribution in [0.15, 0.2) is 24.4 Å². The van der Waals surface area contributed by atoms with Crippen molar-refractivity contribution in [1.82, 2.24) is 4.98 Å². The molecule has 0 saturated carbocycles. The molecule has 2 N–H and O–H groups in total. The van der Waals surface area contributed by atoms with Crippen LogP contribution < -0.4 is 10.5 Å². The van der Waals surface area contributed by atoms with Crippen LogP contribution in [-0.4, -0.2) is 25.2 Å². The second-order valence-corrected chi connectivity index (χ2v) is 3.89. The molecule has 0 amide bonds. The summed E-state index contributed by atoms with van der Waals surface area (Å²) >= 11 is 0. The molecule has 0 atom stereocenters. The van der Waals surface area contributed by atoms with Gasteiger partial charge in [-0.15, -0.1) is 0 Å². The molecule has 0 aliphatic carbocycles. The van der Waals surface area contributed by atoms with E-state index >= 15 is 0 Å². The number of nitrogens with two attached hydrogens (primary N) is 1. The molecule has 0 bridgehead atoms. The van der Waals surface area contributed by atoms with Gasteiger partial charge >= 0.3 is 5.97 Å². The van der Waals surface area contributed by atoms with Crippen LogP contribution in [0.1, 0.15) is 5.56 Å². The van der Waals surface area contributed by atoms with Crippen LogP contribution >= 0.6 is 0 Å². The molecular weight excluding hydrogens is 232 g/mol. The number of rotatable bonds is 3. The summed E-state index contributed by atoms with van der Waals surface area (Å²) in [6.45, 7) is 0. The van der Waals surface area contributed by atoms with Crippen molar-refractivity contribution in [2.75, 3.05) is 20.0 Å². The van der Waals surface area contributed by atoms with Crippen molar-refractivity contribution in [2.45, 2.75) is 6.42 Å². The van der Waals surface area contributed by atoms with Gasteiger partial charge in [0, 0.05) is 23.3 Å². The molecule has 0 saturated heterocycles. The highest BCUT2D eigenvalue weighted by molar-refractivity contribution is 5.89. The quantitative estimate of drug-likeness (QED) is 0.656. The number of fused-ring (bicyclic) bond motifs is 1. The first-order valence-corrected chi connectivity index (χ1v) is 5.43. The fourth-order valence-corrected chi connectivity index (χ4v) is 1.76. The molecule has 1 aromatic carbocycles. The first-order chi connectivity index (χ1) is 8.63. The minimum absolute atomic E-state index is 0.187. The third kappa shape index (κ3) is 2.34. The van der Waals surface area contributed by atoms with E-state index in [1.807, 2.05) is 6.07 Å². The summed E-state index contributed by atoms with van der Waals surface area (Å²) in [7, 11) is 2.93. The van der Waals surface area contributed by atoms with Crippen molar-refractivity contribution in [2.24, 2.45) is 0 Å². The Balaban J connectivity index is 2.49. The van der Waals surface area contributed by atoms with Crippen LogP contribution in [0.2, 0.25) is 0 Å². The zero-order valence-corrected chi connectivity index (χ0v) is 10.3. The lowest BCUT2D eigenvalue weighted by atomic mass is 10.1. The van der Waals surface area contributed by atoms with E-state index in [1.165, 1.54) is 7.11 Å². The van der Waals surface area contributed by atoms with Crippen molar-refractivity contribution in [3.05, 3.63) is 30.0 Å². The number of anilines is 1. The molecule has 18 heavy (non-hydrogen) atoms. The van der Waals surface area contributed by atoms with E-state index in [9.17, 15) is 4.79 Å². The molecule has 0 aliphatic heterocycles. The summed E-state index contributed by atoms with van der Waals surface area (Å²) in [6, 6.07) is 5.35. The molecule has 0 unspecified atom stereocenters. The Kier molecular flexibility index (Phi) is 3.32. The highest BCUT2D eigenvalue weighted by Crippen LogP contribution is 2.28. The fraction of sp³-hybridized carbons (Fsp3) is 0.231. The molecule has 5 nitrogen and oxygen atoms in total. The average Bonchev–Trinajstić information content (AvgIpc) is 2.38. The Bertz CT molecular complexity index is 596. The molecule has 2 aromatic rings. The molecule has 5 heteroatoms. The molecular formula is C13H14N2O3. The predicted octanol–water partition coefficient (Wildman–Crippen LogP) is 1.54. The number of esters is 1. The number of benzene rings is 1. The Morgan fingerprint density at radius 1 is 1.33 bits per heavy atom. The van der Waals surface area contributed by atoms with Gasteiger partial charge < -0.3 is 15.2 Å². The van der Waals surface area contributed by atoms with Gasteiger partial charge in [0.25, 0.3) is 0 Å². The largest absolute Gasteiger partial charge is 0.496 e. The minimum atomic E-state index is -0.300. The fourth-order valence-electron chi connectivity index (χ4n) is 1.76. The maximum Gasteiger partial charge on any atom is 0.310 e. The standard InChI is InChI=1S/C13H14N2O3/c1-17-12-6-9(14)5-11-10(12)3-8(7-15-11)4-13(16)18-2/h3,5-7H,4,14H2,1-2H3. The number of ether oxygens (including phenoxy) is 2. The van der Waals surface area contributed by atoms with E-state index < -0.39 is 0 Å². The number of hydrogen-bond donors (Lipinski definition) is 1. The van der Waals surface area contributed by atoms with Gasteiger partial charge in [0.1, 0.15) is 5.75 Å². The monoisotopic (exact) mass is 246 g/mol. The molecule has 0 radical (unpaired) electrons. The summed E-state index contributed by atoms with van der Waals surface area (Å²) in [6.07, 6.45) is 1.82. The van der Waals surface area contributed by atoms with Gasteiger partial charge in [-0.25, -0.2) is 0 Å². The zero-order valence-electron chi connectivity index (χ0n) is 10.3. The second kappa shape index (κ2) is 4.91. The van der Waals surface area contributed by atoms with E-state index in [1.54, 1.807) is 25.4 Å². The summed E-state index contributed by atoms with van der Waals surface area (Å²) in [4.78, 5) is 15.5. The Morgan fingerprint density at radius 2 is 2.11 bits per heavy atom. The second-order valence-electron chi connectivity index (χ2n) is 3.89. The van der Waals surface area contributed by atoms with Gasteiger partial charge in [-0.05, 0) is 17.7 Å². The first-order valence-electron chi connectivity index (χ1n) is 5.43. The van der Waals surface area contributed by atoms with Gasteiger partial charge in [-0.1, -0.05) is 0 Å². The third-order valence-electron chi connectivity index (χ3n) is 2.64. The number of nitrogens with zero attached hydrogens (tertiary/aromatic N) is 1. The maximum atomic E-state index is 11.2. The van der Waals surface area contributed by atoms with Crippen molar-refractivity contribution < 1.29 is 14.3 Å². The van der Waals surface area contributed by atoms with E-state index in [4.69, 9.17) is 10.5 Å². The van der Waals surface area contributed by atoms with E-state index in [0.717, 1.165) is 16.5 Å². The number of hydrogen-bond acceptors (Lipinski definition) is 5. The molecule has 0 aliphatic rings. The lowest BCUT2D eigenvalue weighted by Crippen LogP contribution is -2.05. The van der Waals surface area contributed by atoms with Gasteiger partial charge in [-0.3, -0.25) is 9.78 Å². The lowest BCUT2D eigenvalue weighted by Gasteiger charge is -2.08. The third-order valence-corrected chi connectivity index (χ3v) is 2.64. The van der Waals surface area contributed by atoms with Crippen LogP contribution in [-0.2, 0) is 16.0 Å². The number of carbonyl (C=O) groups excluding carboxylic acids is 1. The van der Waals surface area contributed by atoms with Crippen LogP contribution in [0.4, 0.5) is 5.69 Å². The normalized spacial score (nSPS) is 10.3. The zero-order chi connectivity index (χ0) is 13.1. The SMILES string of the molecule is COC(=O)Cc1cnc2cc(N)cc(OC)c2c1. The number of nitrogen functional groups attached to an aromatic ring is 1. The van der Waals surface area contributed by atoms with E-state index in [-0.39, 0.29) is 12.4 Å². The van der Waals surface area contributed by atoms with Crippen molar-refractivity contribution in [1.29, 1.82) is 0 Å². The smallest absolute Gasteiger partial charge is 0.310 e. The number of carbonyl (C=O) groups is 1. The van der Waals surface area contributed by atoms with Crippen LogP contribution in [0.3, 0.4) is 0 Å². The van der Waals surface area contributed by atoms with Crippen molar-refractivity contribution >= 4 is 22.6 Å². The number of methoxy groups -OCH3 is 2. The summed E-state index contributed by atoms with van der Waals surface area (Å²) in [5, 5.41) is 0.827. The summed E-state index contributed by atoms with van der Waals surface area (Å²) in [5.41, 5.74) is 7.85. The molecule has 1 heterocycles. The average molecular weight is 246 g/mol. The Hall–Kier alpha value is -2.30. The highest BCUT2D eigenvalue weighted by Gasteiger charge is 2.08. The topological polar surface area (TPSA) is 74.4 Å².